The van der Waals surface area contributed by atoms with E-state index in [1.807, 2.05) is 4.90 Å². The Bertz CT molecular complexity index is 462. The third-order valence-corrected chi connectivity index (χ3v) is 3.28. The molecule has 1 saturated heterocycles. The first-order valence-electron chi connectivity index (χ1n) is 6.22. The third-order valence-electron chi connectivity index (χ3n) is 2.97. The maximum Gasteiger partial charge on any atom is 0.242 e. The van der Waals surface area contributed by atoms with Gasteiger partial charge in [0.2, 0.25) is 5.91 Å². The summed E-state index contributed by atoms with van der Waals surface area (Å²) in [5.74, 6) is 0.928. The SMILES string of the molecule is CCCc1n[nH]c(=S)n1CC(=O)N1CCOCC1. The number of carbonyl (C=O) groups excluding carboxylic acids is 1. The summed E-state index contributed by atoms with van der Waals surface area (Å²) in [6.07, 6.45) is 1.80. The fraction of sp³-hybridized carbons (Fsp3) is 0.727. The number of hydrogen-bond donors (Lipinski definition) is 1. The van der Waals surface area contributed by atoms with Crippen LogP contribution in [0.15, 0.2) is 0 Å². The Balaban J connectivity index is 2.05. The van der Waals surface area contributed by atoms with Crippen LogP contribution in [0.5, 0.6) is 0 Å². The molecule has 6 nitrogen and oxygen atoms in total. The van der Waals surface area contributed by atoms with Gasteiger partial charge in [0.15, 0.2) is 4.77 Å². The lowest BCUT2D eigenvalue weighted by atomic mass is 10.3. The van der Waals surface area contributed by atoms with Crippen molar-refractivity contribution < 1.29 is 9.53 Å². The van der Waals surface area contributed by atoms with Crippen LogP contribution < -0.4 is 0 Å². The molecule has 0 saturated carbocycles. The molecule has 100 valence electrons. The number of H-pyrrole nitrogens is 1. The Morgan fingerprint density at radius 1 is 1.50 bits per heavy atom. The molecule has 7 heteroatoms. The van der Waals surface area contributed by atoms with Gasteiger partial charge in [-0.25, -0.2) is 0 Å². The highest BCUT2D eigenvalue weighted by atomic mass is 32.1. The van der Waals surface area contributed by atoms with Gasteiger partial charge in [-0.15, -0.1) is 0 Å². The fourth-order valence-electron chi connectivity index (χ4n) is 1.98. The van der Waals surface area contributed by atoms with Gasteiger partial charge in [-0.2, -0.15) is 5.10 Å². The Hall–Kier alpha value is -1.21. The van der Waals surface area contributed by atoms with Crippen molar-refractivity contribution in [3.8, 4) is 0 Å². The zero-order chi connectivity index (χ0) is 13.0. The number of nitrogens with one attached hydrogen (secondary N) is 1. The number of hydrogen-bond acceptors (Lipinski definition) is 4. The molecule has 0 aliphatic carbocycles. The predicted molar refractivity (Wildman–Crippen MR) is 68.8 cm³/mol. The molecular weight excluding hydrogens is 252 g/mol. The zero-order valence-corrected chi connectivity index (χ0v) is 11.3. The van der Waals surface area contributed by atoms with Crippen LogP contribution in [-0.4, -0.2) is 51.9 Å². The lowest BCUT2D eigenvalue weighted by Gasteiger charge is -2.27. The van der Waals surface area contributed by atoms with Crippen molar-refractivity contribution in [1.82, 2.24) is 19.7 Å². The maximum absolute atomic E-state index is 12.1. The van der Waals surface area contributed by atoms with Gasteiger partial charge in [-0.1, -0.05) is 6.92 Å². The second-order valence-electron chi connectivity index (χ2n) is 4.27. The minimum atomic E-state index is 0.0770. The van der Waals surface area contributed by atoms with E-state index in [0.717, 1.165) is 18.7 Å². The Morgan fingerprint density at radius 2 is 2.22 bits per heavy atom. The summed E-state index contributed by atoms with van der Waals surface area (Å²) in [7, 11) is 0. The van der Waals surface area contributed by atoms with Crippen LogP contribution in [0.1, 0.15) is 19.2 Å². The van der Waals surface area contributed by atoms with Gasteiger partial charge in [-0.05, 0) is 18.6 Å². The van der Waals surface area contributed by atoms with E-state index in [9.17, 15) is 4.79 Å². The molecule has 0 aromatic carbocycles. The monoisotopic (exact) mass is 270 g/mol. The number of carbonyl (C=O) groups is 1. The third kappa shape index (κ3) is 2.97. The van der Waals surface area contributed by atoms with Crippen molar-refractivity contribution >= 4 is 18.1 Å². The normalized spacial score (nSPS) is 15.9. The van der Waals surface area contributed by atoms with Crippen LogP contribution in [0.3, 0.4) is 0 Å². The van der Waals surface area contributed by atoms with Crippen molar-refractivity contribution in [3.63, 3.8) is 0 Å². The summed E-state index contributed by atoms with van der Waals surface area (Å²) in [6.45, 7) is 4.89. The van der Waals surface area contributed by atoms with E-state index in [4.69, 9.17) is 17.0 Å². The minimum Gasteiger partial charge on any atom is -0.378 e. The molecule has 1 aliphatic heterocycles. The summed E-state index contributed by atoms with van der Waals surface area (Å²) in [4.78, 5) is 13.9. The molecule has 1 aromatic rings. The van der Waals surface area contributed by atoms with Gasteiger partial charge in [-0.3, -0.25) is 14.5 Å². The van der Waals surface area contributed by atoms with Crippen LogP contribution in [-0.2, 0) is 22.5 Å². The topological polar surface area (TPSA) is 63.2 Å². The van der Waals surface area contributed by atoms with Crippen molar-refractivity contribution in [2.24, 2.45) is 0 Å². The predicted octanol–water partition coefficient (Wildman–Crippen LogP) is 0.752. The molecule has 0 unspecified atom stereocenters. The molecule has 0 radical (unpaired) electrons. The fourth-order valence-corrected chi connectivity index (χ4v) is 2.19. The van der Waals surface area contributed by atoms with Crippen molar-refractivity contribution in [3.05, 3.63) is 10.6 Å². The van der Waals surface area contributed by atoms with Crippen LogP contribution >= 0.6 is 12.2 Å². The smallest absolute Gasteiger partial charge is 0.242 e. The van der Waals surface area contributed by atoms with E-state index in [-0.39, 0.29) is 12.5 Å². The van der Waals surface area contributed by atoms with Crippen LogP contribution in [0.2, 0.25) is 0 Å². The van der Waals surface area contributed by atoms with Gasteiger partial charge in [0, 0.05) is 19.5 Å². The Kier molecular flexibility index (Phi) is 4.48. The van der Waals surface area contributed by atoms with Crippen molar-refractivity contribution in [1.29, 1.82) is 0 Å². The molecule has 18 heavy (non-hydrogen) atoms. The standard InChI is InChI=1S/C11H18N4O2S/c1-2-3-9-12-13-11(18)15(9)8-10(16)14-4-6-17-7-5-14/h2-8H2,1H3,(H,13,18). The highest BCUT2D eigenvalue weighted by Crippen LogP contribution is 2.05. The summed E-state index contributed by atoms with van der Waals surface area (Å²) in [6, 6.07) is 0. The quantitative estimate of drug-likeness (QED) is 0.820. The number of amides is 1. The maximum atomic E-state index is 12.1. The largest absolute Gasteiger partial charge is 0.378 e. The molecule has 1 amide bonds. The van der Waals surface area contributed by atoms with Crippen LogP contribution in [0.4, 0.5) is 0 Å². The van der Waals surface area contributed by atoms with Gasteiger partial charge >= 0.3 is 0 Å². The first kappa shape index (κ1) is 13.2. The molecule has 0 bridgehead atoms. The Morgan fingerprint density at radius 3 is 2.89 bits per heavy atom. The highest BCUT2D eigenvalue weighted by Gasteiger charge is 2.18. The van der Waals surface area contributed by atoms with E-state index in [1.165, 1.54) is 0 Å². The van der Waals surface area contributed by atoms with Crippen molar-refractivity contribution in [2.45, 2.75) is 26.3 Å². The summed E-state index contributed by atoms with van der Waals surface area (Å²) in [5.41, 5.74) is 0. The lowest BCUT2D eigenvalue weighted by Crippen LogP contribution is -2.42. The van der Waals surface area contributed by atoms with Gasteiger partial charge in [0.05, 0.1) is 13.2 Å². The molecular formula is C11H18N4O2S. The van der Waals surface area contributed by atoms with Gasteiger partial charge in [0.25, 0.3) is 0 Å². The first-order chi connectivity index (χ1) is 8.72. The lowest BCUT2D eigenvalue weighted by molar-refractivity contribution is -0.135. The van der Waals surface area contributed by atoms with E-state index < -0.39 is 0 Å². The minimum absolute atomic E-state index is 0.0770. The molecule has 0 atom stereocenters. The van der Waals surface area contributed by atoms with Crippen LogP contribution in [0.25, 0.3) is 0 Å². The number of aromatic amines is 1. The van der Waals surface area contributed by atoms with E-state index in [1.54, 1.807) is 4.57 Å². The summed E-state index contributed by atoms with van der Waals surface area (Å²) >= 11 is 5.16. The van der Waals surface area contributed by atoms with Crippen molar-refractivity contribution in [2.75, 3.05) is 26.3 Å². The number of nitrogens with zero attached hydrogens (tertiary/aromatic N) is 3. The number of aromatic nitrogens is 3. The number of rotatable bonds is 4. The van der Waals surface area contributed by atoms with E-state index in [0.29, 0.717) is 31.1 Å². The average molecular weight is 270 g/mol. The molecule has 1 fully saturated rings. The summed E-state index contributed by atoms with van der Waals surface area (Å²) < 4.78 is 7.53. The molecule has 1 aromatic heterocycles. The zero-order valence-electron chi connectivity index (χ0n) is 10.5. The number of morpholine rings is 1. The average Bonchev–Trinajstić information content (AvgIpc) is 2.73. The Labute approximate surface area is 111 Å². The molecule has 1 aliphatic rings. The van der Waals surface area contributed by atoms with E-state index >= 15 is 0 Å². The first-order valence-corrected chi connectivity index (χ1v) is 6.62. The molecule has 0 spiro atoms. The van der Waals surface area contributed by atoms with Gasteiger partial charge in [0.1, 0.15) is 12.4 Å². The van der Waals surface area contributed by atoms with E-state index in [2.05, 4.69) is 17.1 Å². The summed E-state index contributed by atoms with van der Waals surface area (Å²) in [5, 5.41) is 6.90. The number of aryl methyl sites for hydroxylation is 1. The molecule has 2 heterocycles. The van der Waals surface area contributed by atoms with Gasteiger partial charge < -0.3 is 9.64 Å². The number of ether oxygens (including phenoxy) is 1. The highest BCUT2D eigenvalue weighted by molar-refractivity contribution is 7.71. The van der Waals surface area contributed by atoms with Crippen LogP contribution in [0, 0.1) is 4.77 Å². The molecule has 2 rings (SSSR count). The molecule has 1 N–H and O–H groups in total. The second-order valence-corrected chi connectivity index (χ2v) is 4.66. The second kappa shape index (κ2) is 6.10.